The third-order valence-electron chi connectivity index (χ3n) is 5.86. The highest BCUT2D eigenvalue weighted by molar-refractivity contribution is 5.94. The van der Waals surface area contributed by atoms with E-state index in [1.54, 1.807) is 28.9 Å². The highest BCUT2D eigenvalue weighted by Gasteiger charge is 2.31. The third kappa shape index (κ3) is 6.47. The van der Waals surface area contributed by atoms with E-state index in [4.69, 9.17) is 5.10 Å². The van der Waals surface area contributed by atoms with Gasteiger partial charge in [-0.25, -0.2) is 0 Å². The Hall–Kier alpha value is -5.00. The number of amides is 1. The van der Waals surface area contributed by atoms with Crippen molar-refractivity contribution in [2.45, 2.75) is 26.4 Å². The lowest BCUT2D eigenvalue weighted by Gasteiger charge is -2.11. The van der Waals surface area contributed by atoms with Gasteiger partial charge in [0.15, 0.2) is 5.82 Å². The Morgan fingerprint density at radius 1 is 0.974 bits per heavy atom. The fourth-order valence-electron chi connectivity index (χ4n) is 3.92. The first-order valence-electron chi connectivity index (χ1n) is 11.8. The summed E-state index contributed by atoms with van der Waals surface area (Å²) in [6.07, 6.45) is -4.77. The number of nitrogens with zero attached hydrogens (tertiary/aromatic N) is 5. The molecule has 0 saturated carbocycles. The zero-order chi connectivity index (χ0) is 27.4. The number of aromatic amines is 1. The molecule has 5 rings (SSSR count). The number of carbonyl (C=O) groups excluding carboxylic acids is 1. The summed E-state index contributed by atoms with van der Waals surface area (Å²) in [7, 11) is 0. The quantitative estimate of drug-likeness (QED) is 0.293. The van der Waals surface area contributed by atoms with Gasteiger partial charge in [0.05, 0.1) is 24.5 Å². The molecule has 12 heteroatoms. The fraction of sp³-hybridized carbons (Fsp3) is 0.148. The Balaban J connectivity index is 1.39. The van der Waals surface area contributed by atoms with E-state index in [1.807, 2.05) is 49.4 Å². The minimum absolute atomic E-state index is 0.141. The number of nitrogens with one attached hydrogen (secondary N) is 2. The third-order valence-corrected chi connectivity index (χ3v) is 5.86. The van der Waals surface area contributed by atoms with Crippen molar-refractivity contribution in [3.05, 3.63) is 101 Å². The highest BCUT2D eigenvalue weighted by atomic mass is 19.4. The average Bonchev–Trinajstić information content (AvgIpc) is 3.58. The first kappa shape index (κ1) is 25.6. The number of ether oxygens (including phenoxy) is 1. The normalized spacial score (nSPS) is 11.4. The molecule has 1 amide bonds. The van der Waals surface area contributed by atoms with E-state index in [1.165, 1.54) is 12.1 Å². The van der Waals surface area contributed by atoms with Crippen molar-refractivity contribution in [3.63, 3.8) is 0 Å². The minimum Gasteiger partial charge on any atom is -0.406 e. The molecule has 0 atom stereocenters. The molecule has 2 aromatic heterocycles. The van der Waals surface area contributed by atoms with Gasteiger partial charge in [-0.05, 0) is 55.0 Å². The Labute approximate surface area is 220 Å². The van der Waals surface area contributed by atoms with Crippen LogP contribution in [0.25, 0.3) is 22.5 Å². The summed E-state index contributed by atoms with van der Waals surface area (Å²) in [6.45, 7) is 2.50. The van der Waals surface area contributed by atoms with Crippen molar-refractivity contribution in [1.82, 2.24) is 35.7 Å². The maximum Gasteiger partial charge on any atom is 0.573 e. The van der Waals surface area contributed by atoms with Crippen LogP contribution in [0.1, 0.15) is 27.3 Å². The lowest BCUT2D eigenvalue weighted by molar-refractivity contribution is -0.274. The van der Waals surface area contributed by atoms with Crippen molar-refractivity contribution in [3.8, 4) is 28.3 Å². The summed E-state index contributed by atoms with van der Waals surface area (Å²) in [6, 6.07) is 22.5. The summed E-state index contributed by atoms with van der Waals surface area (Å²) in [5, 5.41) is 20.9. The maximum absolute atomic E-state index is 12.6. The van der Waals surface area contributed by atoms with Gasteiger partial charge < -0.3 is 10.1 Å². The number of tetrazole rings is 1. The molecule has 0 saturated heterocycles. The average molecular weight is 534 g/mol. The van der Waals surface area contributed by atoms with Crippen LogP contribution in [0.15, 0.2) is 78.9 Å². The molecule has 0 radical (unpaired) electrons. The van der Waals surface area contributed by atoms with Crippen molar-refractivity contribution in [2.75, 3.05) is 0 Å². The molecule has 0 bridgehead atoms. The van der Waals surface area contributed by atoms with Crippen molar-refractivity contribution >= 4 is 5.91 Å². The molecule has 0 fully saturated rings. The molecule has 2 heterocycles. The van der Waals surface area contributed by atoms with Crippen LogP contribution in [0.2, 0.25) is 0 Å². The number of H-pyrrole nitrogens is 1. The van der Waals surface area contributed by atoms with Gasteiger partial charge in [0.1, 0.15) is 5.75 Å². The van der Waals surface area contributed by atoms with Gasteiger partial charge in [-0.15, -0.1) is 23.4 Å². The van der Waals surface area contributed by atoms with E-state index in [0.717, 1.165) is 22.4 Å². The van der Waals surface area contributed by atoms with Crippen molar-refractivity contribution in [1.29, 1.82) is 0 Å². The van der Waals surface area contributed by atoms with Gasteiger partial charge in [0.25, 0.3) is 5.91 Å². The van der Waals surface area contributed by atoms with Crippen molar-refractivity contribution in [2.24, 2.45) is 0 Å². The standard InChI is InChI=1S/C27H22F3N7O2/c1-17-2-6-19(7-3-17)23-14-24(20-10-12-22(13-11-20)39-27(28,29)30)37(34-23)16-18-4-8-21(9-5-18)26(38)31-15-25-32-35-36-33-25/h2-14H,15-16H2,1H3,(H,31,38)(H,32,33,35,36). The van der Waals surface area contributed by atoms with Crippen LogP contribution in [0.5, 0.6) is 5.75 Å². The van der Waals surface area contributed by atoms with Gasteiger partial charge >= 0.3 is 6.36 Å². The van der Waals surface area contributed by atoms with Gasteiger partial charge in [0, 0.05) is 16.7 Å². The second-order valence-corrected chi connectivity index (χ2v) is 8.72. The van der Waals surface area contributed by atoms with Crippen LogP contribution in [-0.4, -0.2) is 42.7 Å². The lowest BCUT2D eigenvalue weighted by atomic mass is 10.1. The number of hydrogen-bond acceptors (Lipinski definition) is 6. The first-order chi connectivity index (χ1) is 18.7. The lowest BCUT2D eigenvalue weighted by Crippen LogP contribution is -2.23. The summed E-state index contributed by atoms with van der Waals surface area (Å²) in [4.78, 5) is 12.5. The smallest absolute Gasteiger partial charge is 0.406 e. The Morgan fingerprint density at radius 3 is 2.31 bits per heavy atom. The van der Waals surface area contributed by atoms with E-state index in [-0.39, 0.29) is 18.2 Å². The van der Waals surface area contributed by atoms with E-state index in [2.05, 4.69) is 30.7 Å². The molecule has 5 aromatic rings. The number of halogens is 3. The summed E-state index contributed by atoms with van der Waals surface area (Å²) >= 11 is 0. The number of aryl methyl sites for hydroxylation is 1. The zero-order valence-corrected chi connectivity index (χ0v) is 20.6. The van der Waals surface area contributed by atoms with Crippen LogP contribution < -0.4 is 10.1 Å². The van der Waals surface area contributed by atoms with E-state index in [0.29, 0.717) is 29.2 Å². The zero-order valence-electron chi connectivity index (χ0n) is 20.6. The van der Waals surface area contributed by atoms with Crippen LogP contribution in [0.4, 0.5) is 13.2 Å². The van der Waals surface area contributed by atoms with Gasteiger partial charge in [0.2, 0.25) is 0 Å². The molecule has 9 nitrogen and oxygen atoms in total. The number of rotatable bonds is 8. The largest absolute Gasteiger partial charge is 0.573 e. The second kappa shape index (κ2) is 10.8. The monoisotopic (exact) mass is 533 g/mol. The molecule has 0 aliphatic heterocycles. The highest BCUT2D eigenvalue weighted by Crippen LogP contribution is 2.30. The van der Waals surface area contributed by atoms with Crippen LogP contribution in [-0.2, 0) is 13.1 Å². The summed E-state index contributed by atoms with van der Waals surface area (Å²) in [5.41, 5.74) is 5.47. The van der Waals surface area contributed by atoms with Crippen molar-refractivity contribution < 1.29 is 22.7 Å². The SMILES string of the molecule is Cc1ccc(-c2cc(-c3ccc(OC(F)(F)F)cc3)n(Cc3ccc(C(=O)NCc4nn[nH]n4)cc3)n2)cc1. The number of carbonyl (C=O) groups is 1. The van der Waals surface area contributed by atoms with Crippen LogP contribution in [0, 0.1) is 6.92 Å². The molecule has 39 heavy (non-hydrogen) atoms. The number of hydrogen-bond donors (Lipinski definition) is 2. The van der Waals surface area contributed by atoms with E-state index >= 15 is 0 Å². The van der Waals surface area contributed by atoms with Gasteiger partial charge in [-0.2, -0.15) is 10.3 Å². The molecule has 3 aromatic carbocycles. The van der Waals surface area contributed by atoms with Crippen LogP contribution in [0.3, 0.4) is 0 Å². The predicted molar refractivity (Wildman–Crippen MR) is 135 cm³/mol. The number of aromatic nitrogens is 6. The minimum atomic E-state index is -4.77. The van der Waals surface area contributed by atoms with Gasteiger partial charge in [-0.1, -0.05) is 47.2 Å². The first-order valence-corrected chi connectivity index (χ1v) is 11.8. The molecule has 0 spiro atoms. The summed E-state index contributed by atoms with van der Waals surface area (Å²) in [5.74, 6) is -0.216. The Kier molecular flexibility index (Phi) is 7.08. The number of benzene rings is 3. The van der Waals surface area contributed by atoms with Gasteiger partial charge in [-0.3, -0.25) is 9.48 Å². The Morgan fingerprint density at radius 2 is 1.67 bits per heavy atom. The topological polar surface area (TPSA) is 111 Å². The van der Waals surface area contributed by atoms with E-state index < -0.39 is 6.36 Å². The molecule has 2 N–H and O–H groups in total. The predicted octanol–water partition coefficient (Wildman–Crippen LogP) is 4.92. The molecular formula is C27H22F3N7O2. The van der Waals surface area contributed by atoms with E-state index in [9.17, 15) is 18.0 Å². The molecule has 0 aliphatic rings. The molecule has 0 unspecified atom stereocenters. The number of alkyl halides is 3. The molecule has 198 valence electrons. The molecular weight excluding hydrogens is 511 g/mol. The Bertz CT molecular complexity index is 1550. The van der Waals surface area contributed by atoms with Crippen LogP contribution >= 0.6 is 0 Å². The fourth-order valence-corrected chi connectivity index (χ4v) is 3.92. The second-order valence-electron chi connectivity index (χ2n) is 8.72. The molecule has 0 aliphatic carbocycles. The summed E-state index contributed by atoms with van der Waals surface area (Å²) < 4.78 is 43.6. The maximum atomic E-state index is 12.6.